The standard InChI is InChI=1S/C20H16BrN3O2/c21-17-9-3-1-7-15(17)20(26)24-18-10-4-2-8-16(18)19(25)23-13-14-6-5-11-22-12-14/h1-12H,13H2,(H,23,25)(H,24,26). The third kappa shape index (κ3) is 4.34. The normalized spacial score (nSPS) is 10.2. The van der Waals surface area contributed by atoms with E-state index in [-0.39, 0.29) is 11.8 Å². The maximum atomic E-state index is 12.5. The molecular formula is C20H16BrN3O2. The summed E-state index contributed by atoms with van der Waals surface area (Å²) in [5, 5.41) is 5.65. The predicted octanol–water partition coefficient (Wildman–Crippen LogP) is 4.03. The van der Waals surface area contributed by atoms with Crippen LogP contribution in [0.2, 0.25) is 0 Å². The largest absolute Gasteiger partial charge is 0.348 e. The molecule has 3 aromatic rings. The van der Waals surface area contributed by atoms with Crippen molar-refractivity contribution in [2.45, 2.75) is 6.54 Å². The van der Waals surface area contributed by atoms with Crippen LogP contribution in [-0.2, 0) is 6.54 Å². The van der Waals surface area contributed by atoms with Gasteiger partial charge in [0, 0.05) is 23.4 Å². The van der Waals surface area contributed by atoms with Gasteiger partial charge in [-0.15, -0.1) is 0 Å². The molecule has 0 unspecified atom stereocenters. The molecule has 1 heterocycles. The second-order valence-electron chi connectivity index (χ2n) is 5.52. The van der Waals surface area contributed by atoms with Gasteiger partial charge in [-0.2, -0.15) is 0 Å². The topological polar surface area (TPSA) is 71.1 Å². The highest BCUT2D eigenvalue weighted by Crippen LogP contribution is 2.20. The van der Waals surface area contributed by atoms with Crippen LogP contribution in [-0.4, -0.2) is 16.8 Å². The van der Waals surface area contributed by atoms with E-state index in [0.29, 0.717) is 27.8 Å². The molecule has 3 rings (SSSR count). The SMILES string of the molecule is O=C(Nc1ccccc1C(=O)NCc1cccnc1)c1ccccc1Br. The van der Waals surface area contributed by atoms with E-state index >= 15 is 0 Å². The fraction of sp³-hybridized carbons (Fsp3) is 0.0500. The number of carbonyl (C=O) groups is 2. The Bertz CT molecular complexity index is 929. The molecule has 0 spiro atoms. The van der Waals surface area contributed by atoms with Crippen LogP contribution in [0.3, 0.4) is 0 Å². The number of hydrogen-bond acceptors (Lipinski definition) is 3. The van der Waals surface area contributed by atoms with Crippen LogP contribution in [0.15, 0.2) is 77.5 Å². The molecule has 26 heavy (non-hydrogen) atoms. The van der Waals surface area contributed by atoms with Gasteiger partial charge in [0.2, 0.25) is 0 Å². The molecule has 0 bridgehead atoms. The van der Waals surface area contributed by atoms with Crippen LogP contribution in [0.5, 0.6) is 0 Å². The van der Waals surface area contributed by atoms with E-state index in [1.807, 2.05) is 18.2 Å². The van der Waals surface area contributed by atoms with Gasteiger partial charge in [0.25, 0.3) is 11.8 Å². The number of para-hydroxylation sites is 1. The van der Waals surface area contributed by atoms with Gasteiger partial charge in [0.15, 0.2) is 0 Å². The zero-order valence-electron chi connectivity index (χ0n) is 13.8. The third-order valence-corrected chi connectivity index (χ3v) is 4.41. The van der Waals surface area contributed by atoms with E-state index in [1.165, 1.54) is 0 Å². The van der Waals surface area contributed by atoms with Gasteiger partial charge in [0.05, 0.1) is 16.8 Å². The molecule has 1 aromatic heterocycles. The number of hydrogen-bond donors (Lipinski definition) is 2. The van der Waals surface area contributed by atoms with Gasteiger partial charge in [-0.3, -0.25) is 14.6 Å². The van der Waals surface area contributed by atoms with Crippen molar-refractivity contribution >= 4 is 33.4 Å². The molecule has 5 nitrogen and oxygen atoms in total. The molecule has 6 heteroatoms. The van der Waals surface area contributed by atoms with Crippen LogP contribution >= 0.6 is 15.9 Å². The molecule has 0 atom stereocenters. The smallest absolute Gasteiger partial charge is 0.256 e. The zero-order valence-corrected chi connectivity index (χ0v) is 15.4. The number of nitrogens with zero attached hydrogens (tertiary/aromatic N) is 1. The first-order valence-electron chi connectivity index (χ1n) is 7.97. The zero-order chi connectivity index (χ0) is 18.4. The number of nitrogens with one attached hydrogen (secondary N) is 2. The van der Waals surface area contributed by atoms with Crippen LogP contribution in [0.4, 0.5) is 5.69 Å². The number of amides is 2. The minimum absolute atomic E-state index is 0.267. The molecule has 2 aromatic carbocycles. The fourth-order valence-electron chi connectivity index (χ4n) is 2.41. The summed E-state index contributed by atoms with van der Waals surface area (Å²) >= 11 is 3.36. The summed E-state index contributed by atoms with van der Waals surface area (Å²) in [6, 6.07) is 17.7. The maximum absolute atomic E-state index is 12.5. The molecule has 0 radical (unpaired) electrons. The van der Waals surface area contributed by atoms with E-state index < -0.39 is 0 Å². The summed E-state index contributed by atoms with van der Waals surface area (Å²) in [7, 11) is 0. The Labute approximate surface area is 159 Å². The fourth-order valence-corrected chi connectivity index (χ4v) is 2.87. The Balaban J connectivity index is 1.74. The minimum Gasteiger partial charge on any atom is -0.348 e. The first-order valence-corrected chi connectivity index (χ1v) is 8.76. The van der Waals surface area contributed by atoms with Gasteiger partial charge in [-0.05, 0) is 51.8 Å². The van der Waals surface area contributed by atoms with Gasteiger partial charge < -0.3 is 10.6 Å². The van der Waals surface area contributed by atoms with Crippen molar-refractivity contribution < 1.29 is 9.59 Å². The molecule has 130 valence electrons. The molecule has 0 aliphatic carbocycles. The van der Waals surface area contributed by atoms with E-state index in [1.54, 1.807) is 54.9 Å². The second kappa shape index (κ2) is 8.40. The summed E-state index contributed by atoms with van der Waals surface area (Å²) < 4.78 is 0.691. The van der Waals surface area contributed by atoms with E-state index in [9.17, 15) is 9.59 Å². The van der Waals surface area contributed by atoms with E-state index in [2.05, 4.69) is 31.5 Å². The van der Waals surface area contributed by atoms with Crippen molar-refractivity contribution in [2.75, 3.05) is 5.32 Å². The molecule has 0 fully saturated rings. The first kappa shape index (κ1) is 17.8. The molecule has 0 aliphatic heterocycles. The van der Waals surface area contributed by atoms with Gasteiger partial charge in [-0.1, -0.05) is 30.3 Å². The van der Waals surface area contributed by atoms with Gasteiger partial charge >= 0.3 is 0 Å². The lowest BCUT2D eigenvalue weighted by Gasteiger charge is -2.12. The van der Waals surface area contributed by atoms with Crippen molar-refractivity contribution in [2.24, 2.45) is 0 Å². The predicted molar refractivity (Wildman–Crippen MR) is 104 cm³/mol. The van der Waals surface area contributed by atoms with Crippen LogP contribution < -0.4 is 10.6 Å². The molecule has 0 aliphatic rings. The molecule has 2 amide bonds. The second-order valence-corrected chi connectivity index (χ2v) is 6.38. The molecule has 2 N–H and O–H groups in total. The summed E-state index contributed by atoms with van der Waals surface area (Å²) in [5.74, 6) is -0.554. The lowest BCUT2D eigenvalue weighted by atomic mass is 10.1. The first-order chi connectivity index (χ1) is 12.6. The summed E-state index contributed by atoms with van der Waals surface area (Å²) in [4.78, 5) is 29.1. The maximum Gasteiger partial charge on any atom is 0.256 e. The van der Waals surface area contributed by atoms with Gasteiger partial charge in [-0.25, -0.2) is 0 Å². The molecule has 0 saturated carbocycles. The average molecular weight is 410 g/mol. The van der Waals surface area contributed by atoms with Crippen LogP contribution in [0, 0.1) is 0 Å². The highest BCUT2D eigenvalue weighted by Gasteiger charge is 2.15. The number of anilines is 1. The van der Waals surface area contributed by atoms with Crippen molar-refractivity contribution in [3.63, 3.8) is 0 Å². The Morgan fingerprint density at radius 2 is 1.62 bits per heavy atom. The Morgan fingerprint density at radius 3 is 2.35 bits per heavy atom. The Kier molecular flexibility index (Phi) is 5.76. The summed E-state index contributed by atoms with van der Waals surface area (Å²) in [5.41, 5.74) is 2.25. The quantitative estimate of drug-likeness (QED) is 0.668. The van der Waals surface area contributed by atoms with E-state index in [4.69, 9.17) is 0 Å². The monoisotopic (exact) mass is 409 g/mol. The van der Waals surface area contributed by atoms with E-state index in [0.717, 1.165) is 5.56 Å². The third-order valence-electron chi connectivity index (χ3n) is 3.71. The van der Waals surface area contributed by atoms with Crippen LogP contribution in [0.1, 0.15) is 26.3 Å². The van der Waals surface area contributed by atoms with Crippen molar-refractivity contribution in [1.82, 2.24) is 10.3 Å². The van der Waals surface area contributed by atoms with Crippen molar-refractivity contribution in [1.29, 1.82) is 0 Å². The average Bonchev–Trinajstić information content (AvgIpc) is 2.67. The minimum atomic E-state index is -0.287. The number of benzene rings is 2. The Hall–Kier alpha value is -2.99. The van der Waals surface area contributed by atoms with Crippen LogP contribution in [0.25, 0.3) is 0 Å². The summed E-state index contributed by atoms with van der Waals surface area (Å²) in [6.07, 6.45) is 3.37. The molecule has 0 saturated heterocycles. The number of aromatic nitrogens is 1. The number of halogens is 1. The highest BCUT2D eigenvalue weighted by molar-refractivity contribution is 9.10. The van der Waals surface area contributed by atoms with Gasteiger partial charge in [0.1, 0.15) is 0 Å². The highest BCUT2D eigenvalue weighted by atomic mass is 79.9. The lowest BCUT2D eigenvalue weighted by Crippen LogP contribution is -2.25. The number of rotatable bonds is 5. The number of carbonyl (C=O) groups excluding carboxylic acids is 2. The Morgan fingerprint density at radius 1 is 0.885 bits per heavy atom. The molecular weight excluding hydrogens is 394 g/mol. The number of pyridine rings is 1. The van der Waals surface area contributed by atoms with Crippen molar-refractivity contribution in [3.8, 4) is 0 Å². The lowest BCUT2D eigenvalue weighted by molar-refractivity contribution is 0.0951. The van der Waals surface area contributed by atoms with Crippen molar-refractivity contribution in [3.05, 3.63) is 94.2 Å². The summed E-state index contributed by atoms with van der Waals surface area (Å²) in [6.45, 7) is 0.360.